The fourth-order valence-corrected chi connectivity index (χ4v) is 4.76. The molecule has 0 aromatic heterocycles. The van der Waals surface area contributed by atoms with Gasteiger partial charge < -0.3 is 14.7 Å². The summed E-state index contributed by atoms with van der Waals surface area (Å²) in [5, 5.41) is 18.1. The van der Waals surface area contributed by atoms with Crippen LogP contribution in [0.15, 0.2) is 30.3 Å². The van der Waals surface area contributed by atoms with Crippen LogP contribution in [-0.4, -0.2) is 34.4 Å². The molecule has 0 saturated carbocycles. The zero-order chi connectivity index (χ0) is 25.0. The second-order valence-electron chi connectivity index (χ2n) is 8.50. The number of rotatable bonds is 3. The van der Waals surface area contributed by atoms with Crippen molar-refractivity contribution in [1.82, 2.24) is 0 Å². The Morgan fingerprint density at radius 1 is 1.29 bits per heavy atom. The first kappa shape index (κ1) is 23.9. The van der Waals surface area contributed by atoms with Crippen LogP contribution in [0.2, 0.25) is 0 Å². The van der Waals surface area contributed by atoms with Gasteiger partial charge in [0.05, 0.1) is 23.9 Å². The molecule has 34 heavy (non-hydrogen) atoms. The van der Waals surface area contributed by atoms with Gasteiger partial charge in [-0.05, 0) is 74.8 Å². The Morgan fingerprint density at radius 3 is 2.62 bits per heavy atom. The summed E-state index contributed by atoms with van der Waals surface area (Å²) in [5.41, 5.74) is -3.35. The molecule has 1 fully saturated rings. The molecule has 0 spiro atoms. The maximum Gasteiger partial charge on any atom is 0.420 e. The highest BCUT2D eigenvalue weighted by Crippen LogP contribution is 2.42. The van der Waals surface area contributed by atoms with Gasteiger partial charge in [-0.15, -0.1) is 0 Å². The van der Waals surface area contributed by atoms with Crippen LogP contribution in [0.3, 0.4) is 0 Å². The molecule has 2 aromatic rings. The van der Waals surface area contributed by atoms with E-state index in [9.17, 15) is 23.1 Å². The van der Waals surface area contributed by atoms with Gasteiger partial charge in [0.15, 0.2) is 10.9 Å². The number of carbonyl (C=O) groups is 1. The number of aliphatic hydroxyl groups is 1. The molecule has 0 aliphatic carbocycles. The molecule has 2 aromatic carbocycles. The van der Waals surface area contributed by atoms with Crippen LogP contribution in [0.5, 0.6) is 5.75 Å². The fraction of sp³-hybridized carbons (Fsp3) is 0.348. The number of aliphatic hydroxyl groups excluding tert-OH is 1. The zero-order valence-electron chi connectivity index (χ0n) is 18.1. The van der Waals surface area contributed by atoms with E-state index in [4.69, 9.17) is 22.2 Å². The predicted molar refractivity (Wildman–Crippen MR) is 119 cm³/mol. The van der Waals surface area contributed by atoms with Gasteiger partial charge in [-0.1, -0.05) is 0 Å². The fourth-order valence-electron chi connectivity index (χ4n) is 4.25. The van der Waals surface area contributed by atoms with Gasteiger partial charge in [-0.2, -0.15) is 18.4 Å². The monoisotopic (exact) mass is 493 g/mol. The summed E-state index contributed by atoms with van der Waals surface area (Å²) in [6.45, 7) is 2.95. The van der Waals surface area contributed by atoms with E-state index in [1.165, 1.54) is 24.8 Å². The lowest BCUT2D eigenvalue weighted by atomic mass is 9.99. The Kier molecular flexibility index (Phi) is 5.78. The van der Waals surface area contributed by atoms with Gasteiger partial charge in [0.2, 0.25) is 0 Å². The summed E-state index contributed by atoms with van der Waals surface area (Å²) in [5.74, 6) is -1.88. The highest BCUT2D eigenvalue weighted by Gasteiger charge is 2.52. The molecule has 6 nitrogen and oxygen atoms in total. The Hall–Kier alpha value is -3.23. The third kappa shape index (κ3) is 3.67. The van der Waals surface area contributed by atoms with Crippen LogP contribution in [0.1, 0.15) is 37.0 Å². The number of fused-ring (bicyclic) bond motifs is 1. The molecule has 1 amide bonds. The molecule has 1 unspecified atom stereocenters. The highest BCUT2D eigenvalue weighted by molar-refractivity contribution is 7.81. The first-order valence-corrected chi connectivity index (χ1v) is 10.7. The van der Waals surface area contributed by atoms with Gasteiger partial charge in [0, 0.05) is 5.69 Å². The number of nitriles is 1. The van der Waals surface area contributed by atoms with Gasteiger partial charge in [0.25, 0.3) is 5.91 Å². The van der Waals surface area contributed by atoms with E-state index in [0.717, 1.165) is 22.6 Å². The Labute approximate surface area is 197 Å². The van der Waals surface area contributed by atoms with Crippen LogP contribution in [0, 0.1) is 17.1 Å². The lowest BCUT2D eigenvalue weighted by molar-refractivity contribution is -0.140. The van der Waals surface area contributed by atoms with Gasteiger partial charge >= 0.3 is 6.18 Å². The second-order valence-corrected chi connectivity index (χ2v) is 8.87. The first-order chi connectivity index (χ1) is 15.9. The smallest absolute Gasteiger partial charge is 0.420 e. The molecule has 11 heteroatoms. The van der Waals surface area contributed by atoms with Gasteiger partial charge in [-0.3, -0.25) is 9.69 Å². The molecular formula is C23H19F4N3O3S. The van der Waals surface area contributed by atoms with E-state index in [0.29, 0.717) is 24.3 Å². The summed E-state index contributed by atoms with van der Waals surface area (Å²) in [7, 11) is 0. The quantitative estimate of drug-likeness (QED) is 0.507. The van der Waals surface area contributed by atoms with Crippen molar-refractivity contribution in [2.24, 2.45) is 0 Å². The molecule has 2 aliphatic heterocycles. The van der Waals surface area contributed by atoms with Crippen LogP contribution >= 0.6 is 12.2 Å². The predicted octanol–water partition coefficient (Wildman–Crippen LogP) is 4.32. The molecule has 2 aliphatic rings. The number of amides is 1. The van der Waals surface area contributed by atoms with Gasteiger partial charge in [-0.25, -0.2) is 4.39 Å². The maximum absolute atomic E-state index is 15.1. The lowest BCUT2D eigenvalue weighted by Gasteiger charge is -2.31. The first-order valence-electron chi connectivity index (χ1n) is 10.3. The number of nitrogens with zero attached hydrogens (tertiary/aromatic N) is 3. The summed E-state index contributed by atoms with van der Waals surface area (Å²) in [6.07, 6.45) is -4.27. The number of hydrogen-bond donors (Lipinski definition) is 1. The normalized spacial score (nSPS) is 19.6. The number of benzene rings is 2. The highest BCUT2D eigenvalue weighted by atomic mass is 32.1. The lowest BCUT2D eigenvalue weighted by Crippen LogP contribution is -2.44. The number of anilines is 2. The minimum Gasteiger partial charge on any atom is -0.488 e. The minimum absolute atomic E-state index is 0.121. The SMILES string of the molecule is CC1(C)C(=O)N(c2ccc(C#N)c(C(F)(F)F)c2F)C(=S)N1c1ccc2c(c1)CCC(CO)O2. The summed E-state index contributed by atoms with van der Waals surface area (Å²) < 4.78 is 61.3. The maximum atomic E-state index is 15.1. The van der Waals surface area contributed by atoms with E-state index in [1.807, 2.05) is 0 Å². The van der Waals surface area contributed by atoms with E-state index in [-0.39, 0.29) is 17.8 Å². The van der Waals surface area contributed by atoms with Crippen molar-refractivity contribution in [3.05, 3.63) is 52.8 Å². The van der Waals surface area contributed by atoms with Crippen LogP contribution in [0.4, 0.5) is 28.9 Å². The number of alkyl halides is 3. The summed E-state index contributed by atoms with van der Waals surface area (Å²) in [4.78, 5) is 15.5. The Morgan fingerprint density at radius 2 is 2.00 bits per heavy atom. The number of hydrogen-bond acceptors (Lipinski definition) is 5. The number of thiocarbonyl (C=S) groups is 1. The molecule has 0 bridgehead atoms. The average molecular weight is 493 g/mol. The number of aryl methyl sites for hydroxylation is 1. The topological polar surface area (TPSA) is 76.8 Å². The van der Waals surface area contributed by atoms with Crippen molar-refractivity contribution < 1.29 is 32.2 Å². The summed E-state index contributed by atoms with van der Waals surface area (Å²) in [6, 6.07) is 8.16. The number of ether oxygens (including phenoxy) is 1. The van der Waals surface area contributed by atoms with Crippen molar-refractivity contribution in [2.45, 2.75) is 44.5 Å². The van der Waals surface area contributed by atoms with Crippen molar-refractivity contribution in [2.75, 3.05) is 16.4 Å². The molecule has 0 radical (unpaired) electrons. The molecule has 178 valence electrons. The number of halogens is 4. The van der Waals surface area contributed by atoms with Crippen molar-refractivity contribution >= 4 is 34.6 Å². The minimum atomic E-state index is -5.14. The summed E-state index contributed by atoms with van der Waals surface area (Å²) >= 11 is 5.46. The zero-order valence-corrected chi connectivity index (χ0v) is 18.9. The number of carbonyl (C=O) groups excluding carboxylic acids is 1. The van der Waals surface area contributed by atoms with Crippen molar-refractivity contribution in [3.63, 3.8) is 0 Å². The van der Waals surface area contributed by atoms with Crippen LogP contribution in [0.25, 0.3) is 0 Å². The Balaban J connectivity index is 1.78. The molecule has 1 saturated heterocycles. The van der Waals surface area contributed by atoms with E-state index < -0.39 is 40.3 Å². The molecule has 2 heterocycles. The largest absolute Gasteiger partial charge is 0.488 e. The molecule has 4 rings (SSSR count). The average Bonchev–Trinajstić information content (AvgIpc) is 2.95. The standard InChI is InChI=1S/C23H19F4N3O3S/c1-22(2)20(32)29(16-7-4-13(10-28)18(19(16)24)23(25,26)27)21(34)30(22)14-5-8-17-12(9-14)3-6-15(11-31)33-17/h4-5,7-9,15,31H,3,6,11H2,1-2H3. The van der Waals surface area contributed by atoms with E-state index >= 15 is 4.39 Å². The van der Waals surface area contributed by atoms with E-state index in [2.05, 4.69) is 0 Å². The van der Waals surface area contributed by atoms with Crippen molar-refractivity contribution in [3.8, 4) is 11.8 Å². The Bertz CT molecular complexity index is 1240. The van der Waals surface area contributed by atoms with E-state index in [1.54, 1.807) is 18.2 Å². The molecule has 1 atom stereocenters. The third-order valence-electron chi connectivity index (χ3n) is 5.97. The van der Waals surface area contributed by atoms with Crippen LogP contribution < -0.4 is 14.5 Å². The molecular weight excluding hydrogens is 474 g/mol. The van der Waals surface area contributed by atoms with Crippen molar-refractivity contribution in [1.29, 1.82) is 5.26 Å². The second kappa shape index (κ2) is 8.21. The van der Waals surface area contributed by atoms with Gasteiger partial charge in [0.1, 0.15) is 23.0 Å². The third-order valence-corrected chi connectivity index (χ3v) is 6.33. The van der Waals surface area contributed by atoms with Crippen LogP contribution in [-0.2, 0) is 17.4 Å². The molecule has 1 N–H and O–H groups in total.